The minimum atomic E-state index is -0.352. The van der Waals surface area contributed by atoms with Gasteiger partial charge in [-0.3, -0.25) is 9.59 Å². The van der Waals surface area contributed by atoms with E-state index in [0.717, 1.165) is 28.7 Å². The van der Waals surface area contributed by atoms with Crippen molar-refractivity contribution in [3.8, 4) is 28.4 Å². The lowest BCUT2D eigenvalue weighted by Crippen LogP contribution is -2.26. The fourth-order valence-electron chi connectivity index (χ4n) is 6.10. The smallest absolute Gasteiger partial charge is 0.217 e. The van der Waals surface area contributed by atoms with E-state index < -0.39 is 0 Å². The molecule has 1 aliphatic rings. The number of methoxy groups -OCH3 is 3. The highest BCUT2D eigenvalue weighted by molar-refractivity contribution is 5.83. The van der Waals surface area contributed by atoms with Crippen LogP contribution in [0.3, 0.4) is 0 Å². The Bertz CT molecular complexity index is 1600. The lowest BCUT2D eigenvalue weighted by atomic mass is 9.88. The van der Waals surface area contributed by atoms with Crippen molar-refractivity contribution in [3.63, 3.8) is 0 Å². The molecule has 0 aliphatic heterocycles. The first-order valence-corrected chi connectivity index (χ1v) is 14.6. The number of aryl methyl sites for hydroxylation is 1. The topological polar surface area (TPSA) is 85.9 Å². The van der Waals surface area contributed by atoms with Crippen LogP contribution in [0.1, 0.15) is 54.0 Å². The molecule has 1 atom stereocenters. The van der Waals surface area contributed by atoms with Crippen molar-refractivity contribution >= 4 is 11.6 Å². The Hall–Kier alpha value is -4.78. The second kappa shape index (κ2) is 13.5. The first-order valence-electron chi connectivity index (χ1n) is 14.6. The van der Waals surface area contributed by atoms with Gasteiger partial charge in [0.05, 0.1) is 33.1 Å². The molecule has 0 unspecified atom stereocenters. The molecule has 1 amide bonds. The fourth-order valence-corrected chi connectivity index (χ4v) is 6.10. The van der Waals surface area contributed by atoms with Gasteiger partial charge in [0.2, 0.25) is 17.1 Å². The highest BCUT2D eigenvalue weighted by atomic mass is 16.5. The zero-order chi connectivity index (χ0) is 30.3. The summed E-state index contributed by atoms with van der Waals surface area (Å²) in [7, 11) is 4.76. The summed E-state index contributed by atoms with van der Waals surface area (Å²) >= 11 is 0. The quantitative estimate of drug-likeness (QED) is 0.224. The van der Waals surface area contributed by atoms with Crippen LogP contribution < -0.4 is 30.3 Å². The van der Waals surface area contributed by atoms with Gasteiger partial charge in [0.15, 0.2) is 11.5 Å². The third kappa shape index (κ3) is 6.36. The molecule has 0 heterocycles. The van der Waals surface area contributed by atoms with Gasteiger partial charge < -0.3 is 24.8 Å². The molecule has 222 valence electrons. The number of anilines is 1. The number of carbonyl (C=O) groups excluding carboxylic acids is 1. The van der Waals surface area contributed by atoms with Crippen molar-refractivity contribution in [1.82, 2.24) is 5.32 Å². The van der Waals surface area contributed by atoms with E-state index in [1.165, 1.54) is 18.1 Å². The van der Waals surface area contributed by atoms with Crippen molar-refractivity contribution in [2.75, 3.05) is 33.2 Å². The van der Waals surface area contributed by atoms with Gasteiger partial charge in [0, 0.05) is 24.9 Å². The van der Waals surface area contributed by atoms with Crippen molar-refractivity contribution in [2.45, 2.75) is 38.1 Å². The van der Waals surface area contributed by atoms with Crippen LogP contribution >= 0.6 is 0 Å². The molecule has 4 aromatic rings. The first kappa shape index (κ1) is 29.7. The maximum Gasteiger partial charge on any atom is 0.217 e. The lowest BCUT2D eigenvalue weighted by Gasteiger charge is -2.19. The lowest BCUT2D eigenvalue weighted by molar-refractivity contribution is -0.119. The summed E-state index contributed by atoms with van der Waals surface area (Å²) in [6.45, 7) is 2.09. The molecule has 5 rings (SSSR count). The number of amides is 1. The van der Waals surface area contributed by atoms with Gasteiger partial charge in [-0.15, -0.1) is 0 Å². The molecule has 0 spiro atoms. The Morgan fingerprint density at radius 1 is 0.860 bits per heavy atom. The van der Waals surface area contributed by atoms with Gasteiger partial charge in [-0.2, -0.15) is 0 Å². The Balaban J connectivity index is 1.54. The predicted molar refractivity (Wildman–Crippen MR) is 171 cm³/mol. The van der Waals surface area contributed by atoms with E-state index >= 15 is 0 Å². The largest absolute Gasteiger partial charge is 0.493 e. The Morgan fingerprint density at radius 3 is 2.09 bits per heavy atom. The van der Waals surface area contributed by atoms with Crippen LogP contribution in [0, 0.1) is 0 Å². The molecule has 0 fully saturated rings. The molecule has 0 aromatic heterocycles. The van der Waals surface area contributed by atoms with Gasteiger partial charge in [-0.25, -0.2) is 0 Å². The van der Waals surface area contributed by atoms with Crippen LogP contribution in [0.25, 0.3) is 11.1 Å². The van der Waals surface area contributed by atoms with E-state index in [2.05, 4.69) is 59.2 Å². The van der Waals surface area contributed by atoms with E-state index in [1.54, 1.807) is 27.4 Å². The fraction of sp³-hybridized carbons (Fsp3) is 0.278. The maximum absolute atomic E-state index is 13.7. The van der Waals surface area contributed by atoms with Crippen LogP contribution in [0.4, 0.5) is 5.69 Å². The minimum Gasteiger partial charge on any atom is -0.493 e. The van der Waals surface area contributed by atoms with Crippen molar-refractivity contribution in [2.24, 2.45) is 0 Å². The Kier molecular flexibility index (Phi) is 9.30. The van der Waals surface area contributed by atoms with Crippen LogP contribution in [0.5, 0.6) is 17.2 Å². The number of fused-ring (bicyclic) bond motifs is 3. The van der Waals surface area contributed by atoms with Crippen molar-refractivity contribution in [3.05, 3.63) is 117 Å². The van der Waals surface area contributed by atoms with Gasteiger partial charge in [0.25, 0.3) is 0 Å². The third-order valence-electron chi connectivity index (χ3n) is 8.07. The molecule has 43 heavy (non-hydrogen) atoms. The molecule has 7 heteroatoms. The van der Waals surface area contributed by atoms with Crippen molar-refractivity contribution < 1.29 is 19.0 Å². The molecule has 0 radical (unpaired) electrons. The number of carbonyl (C=O) groups is 1. The van der Waals surface area contributed by atoms with E-state index in [4.69, 9.17) is 14.2 Å². The van der Waals surface area contributed by atoms with Gasteiger partial charge >= 0.3 is 0 Å². The number of hydrogen-bond donors (Lipinski definition) is 2. The Labute approximate surface area is 252 Å². The molecular weight excluding hydrogens is 540 g/mol. The summed E-state index contributed by atoms with van der Waals surface area (Å²) in [6.07, 6.45) is 2.06. The van der Waals surface area contributed by atoms with E-state index in [0.29, 0.717) is 42.3 Å². The van der Waals surface area contributed by atoms with Crippen LogP contribution in [0.15, 0.2) is 89.7 Å². The van der Waals surface area contributed by atoms with Gasteiger partial charge in [-0.1, -0.05) is 66.7 Å². The standard InChI is InChI=1S/C36H38N2O5/c1-23(39)38-30-17-15-26-21-33(41-2)35(42-3)36(43-4)34(26)28-16-18-31(32(40)22-29(28)30)37-20-19-27(24-11-7-5-8-12-24)25-13-9-6-10-14-25/h5-14,16,18,21-22,27,30H,15,17,19-20H2,1-4H3,(H,37,40)(H,38,39)/t30-/m0/s1. The van der Waals surface area contributed by atoms with Crippen LogP contribution in [-0.2, 0) is 11.2 Å². The number of benzene rings is 3. The summed E-state index contributed by atoms with van der Waals surface area (Å²) in [5.41, 5.74) is 6.18. The maximum atomic E-state index is 13.7. The van der Waals surface area contributed by atoms with Gasteiger partial charge in [-0.05, 0) is 65.3 Å². The minimum absolute atomic E-state index is 0.143. The number of nitrogens with one attached hydrogen (secondary N) is 2. The first-order chi connectivity index (χ1) is 20.9. The average Bonchev–Trinajstić information content (AvgIpc) is 3.27. The molecule has 0 saturated heterocycles. The summed E-state index contributed by atoms with van der Waals surface area (Å²) in [4.78, 5) is 25.9. The average molecular weight is 579 g/mol. The number of ether oxygens (including phenoxy) is 3. The molecule has 0 bridgehead atoms. The monoisotopic (exact) mass is 578 g/mol. The summed E-state index contributed by atoms with van der Waals surface area (Å²) in [5.74, 6) is 1.60. The highest BCUT2D eigenvalue weighted by Gasteiger charge is 2.29. The van der Waals surface area contributed by atoms with E-state index in [9.17, 15) is 9.59 Å². The van der Waals surface area contributed by atoms with Crippen molar-refractivity contribution in [1.29, 1.82) is 0 Å². The molecular formula is C36H38N2O5. The second-order valence-electron chi connectivity index (χ2n) is 10.7. The molecule has 4 aromatic carbocycles. The zero-order valence-corrected chi connectivity index (χ0v) is 25.1. The highest BCUT2D eigenvalue weighted by Crippen LogP contribution is 2.50. The predicted octanol–water partition coefficient (Wildman–Crippen LogP) is 6.50. The molecule has 2 N–H and O–H groups in total. The molecule has 1 aliphatic carbocycles. The Morgan fingerprint density at radius 2 is 1.51 bits per heavy atom. The molecule has 0 saturated carbocycles. The SMILES string of the molecule is COc1cc2c(c(OC)c1OC)-c1ccc(NCCC(c3ccccc3)c3ccccc3)c(=O)cc1[C@@H](NC(C)=O)CC2. The summed E-state index contributed by atoms with van der Waals surface area (Å²) < 4.78 is 17.2. The van der Waals surface area contributed by atoms with Crippen LogP contribution in [0.2, 0.25) is 0 Å². The van der Waals surface area contributed by atoms with E-state index in [-0.39, 0.29) is 23.3 Å². The summed E-state index contributed by atoms with van der Waals surface area (Å²) in [5, 5.41) is 6.48. The summed E-state index contributed by atoms with van der Waals surface area (Å²) in [6, 6.07) is 27.9. The van der Waals surface area contributed by atoms with Crippen LogP contribution in [-0.4, -0.2) is 33.8 Å². The number of rotatable bonds is 10. The number of hydrogen-bond acceptors (Lipinski definition) is 6. The normalized spacial score (nSPS) is 13.7. The van der Waals surface area contributed by atoms with E-state index in [1.807, 2.05) is 30.3 Å². The molecule has 7 nitrogen and oxygen atoms in total. The third-order valence-corrected chi connectivity index (χ3v) is 8.07. The zero-order valence-electron chi connectivity index (χ0n) is 25.1. The van der Waals surface area contributed by atoms with Gasteiger partial charge in [0.1, 0.15) is 0 Å². The second-order valence-corrected chi connectivity index (χ2v) is 10.7.